The van der Waals surface area contributed by atoms with Crippen molar-refractivity contribution in [2.45, 2.75) is 19.9 Å². The third kappa shape index (κ3) is 4.13. The molecule has 0 aliphatic heterocycles. The average molecular weight is 235 g/mol. The number of nitrogens with zero attached hydrogens (tertiary/aromatic N) is 1. The maximum Gasteiger partial charge on any atom is 0.444 e. The van der Waals surface area contributed by atoms with Crippen molar-refractivity contribution in [3.63, 3.8) is 0 Å². The highest BCUT2D eigenvalue weighted by Crippen LogP contribution is 2.04. The SMILES string of the molecule is CCOC(=O)N(OC(C)=O)C(CO)C(=O)O. The number of carboxylic acids is 1. The number of carboxylic acid groups (broad SMARTS) is 1. The fourth-order valence-corrected chi connectivity index (χ4v) is 0.806. The second-order valence-electron chi connectivity index (χ2n) is 2.64. The molecular formula is C8H13NO7. The van der Waals surface area contributed by atoms with E-state index in [9.17, 15) is 14.4 Å². The molecular weight excluding hydrogens is 222 g/mol. The third-order valence-electron chi connectivity index (χ3n) is 1.42. The van der Waals surface area contributed by atoms with Gasteiger partial charge in [0.15, 0.2) is 6.04 Å². The summed E-state index contributed by atoms with van der Waals surface area (Å²) in [6.07, 6.45) is -1.15. The maximum absolute atomic E-state index is 11.2. The molecule has 92 valence electrons. The summed E-state index contributed by atoms with van der Waals surface area (Å²) in [5.74, 6) is -2.41. The minimum absolute atomic E-state index is 0.0195. The van der Waals surface area contributed by atoms with E-state index in [1.807, 2.05) is 0 Å². The van der Waals surface area contributed by atoms with Crippen molar-refractivity contribution in [1.29, 1.82) is 0 Å². The lowest BCUT2D eigenvalue weighted by Gasteiger charge is -2.23. The van der Waals surface area contributed by atoms with Gasteiger partial charge in [-0.3, -0.25) is 4.79 Å². The lowest BCUT2D eigenvalue weighted by molar-refractivity contribution is -0.196. The topological polar surface area (TPSA) is 113 Å². The number of carbonyl (C=O) groups is 3. The number of rotatable bonds is 4. The van der Waals surface area contributed by atoms with Crippen LogP contribution in [0.4, 0.5) is 4.79 Å². The van der Waals surface area contributed by atoms with Crippen LogP contribution in [0.5, 0.6) is 0 Å². The van der Waals surface area contributed by atoms with Gasteiger partial charge >= 0.3 is 18.0 Å². The third-order valence-corrected chi connectivity index (χ3v) is 1.42. The predicted octanol–water partition coefficient (Wildman–Crippen LogP) is -0.632. The van der Waals surface area contributed by atoms with Crippen molar-refractivity contribution in [1.82, 2.24) is 5.06 Å². The van der Waals surface area contributed by atoms with Gasteiger partial charge in [0.2, 0.25) is 0 Å². The standard InChI is InChI=1S/C8H13NO7/c1-3-15-8(14)9(16-5(2)11)6(4-10)7(12)13/h6,10H,3-4H2,1-2H3,(H,12,13). The lowest BCUT2D eigenvalue weighted by Crippen LogP contribution is -2.48. The zero-order valence-electron chi connectivity index (χ0n) is 8.87. The molecule has 0 bridgehead atoms. The Labute approximate surface area is 91.3 Å². The summed E-state index contributed by atoms with van der Waals surface area (Å²) >= 11 is 0. The highest BCUT2D eigenvalue weighted by Gasteiger charge is 2.33. The fourth-order valence-electron chi connectivity index (χ4n) is 0.806. The molecule has 0 spiro atoms. The first kappa shape index (κ1) is 14.2. The normalized spacial score (nSPS) is 11.4. The van der Waals surface area contributed by atoms with Gasteiger partial charge in [0, 0.05) is 6.92 Å². The van der Waals surface area contributed by atoms with Crippen molar-refractivity contribution in [2.24, 2.45) is 0 Å². The van der Waals surface area contributed by atoms with Gasteiger partial charge in [-0.15, -0.1) is 5.06 Å². The van der Waals surface area contributed by atoms with Gasteiger partial charge in [-0.05, 0) is 6.92 Å². The van der Waals surface area contributed by atoms with Gasteiger partial charge in [0.05, 0.1) is 13.2 Å². The van der Waals surface area contributed by atoms with E-state index >= 15 is 0 Å². The van der Waals surface area contributed by atoms with Crippen LogP contribution in [0.3, 0.4) is 0 Å². The molecule has 1 amide bonds. The van der Waals surface area contributed by atoms with Crippen molar-refractivity contribution in [3.8, 4) is 0 Å². The molecule has 0 saturated heterocycles. The molecule has 0 aliphatic rings. The molecule has 0 saturated carbocycles. The van der Waals surface area contributed by atoms with E-state index in [4.69, 9.17) is 10.2 Å². The van der Waals surface area contributed by atoms with Crippen LogP contribution in [-0.2, 0) is 19.2 Å². The van der Waals surface area contributed by atoms with Crippen molar-refractivity contribution >= 4 is 18.0 Å². The highest BCUT2D eigenvalue weighted by atomic mass is 16.8. The van der Waals surface area contributed by atoms with E-state index in [1.54, 1.807) is 0 Å². The van der Waals surface area contributed by atoms with Gasteiger partial charge in [-0.2, -0.15) is 0 Å². The van der Waals surface area contributed by atoms with E-state index in [0.29, 0.717) is 0 Å². The van der Waals surface area contributed by atoms with Crippen LogP contribution in [0, 0.1) is 0 Å². The molecule has 0 aromatic rings. The molecule has 1 atom stereocenters. The molecule has 0 aromatic carbocycles. The summed E-state index contributed by atoms with van der Waals surface area (Å²) in [6, 6.07) is -1.69. The zero-order chi connectivity index (χ0) is 12.7. The number of aliphatic hydroxyl groups excluding tert-OH is 1. The molecule has 0 aromatic heterocycles. The summed E-state index contributed by atoms with van der Waals surface area (Å²) in [7, 11) is 0. The minimum Gasteiger partial charge on any atom is -0.480 e. The molecule has 8 heteroatoms. The number of amides is 1. The lowest BCUT2D eigenvalue weighted by atomic mass is 10.3. The van der Waals surface area contributed by atoms with E-state index in [0.717, 1.165) is 6.92 Å². The van der Waals surface area contributed by atoms with Crippen LogP contribution in [0.1, 0.15) is 13.8 Å². The second kappa shape index (κ2) is 6.62. The molecule has 0 radical (unpaired) electrons. The van der Waals surface area contributed by atoms with Crippen LogP contribution < -0.4 is 0 Å². The Hall–Kier alpha value is -1.83. The minimum atomic E-state index is -1.69. The summed E-state index contributed by atoms with van der Waals surface area (Å²) < 4.78 is 4.47. The van der Waals surface area contributed by atoms with Crippen LogP contribution in [-0.4, -0.2) is 52.6 Å². The first-order valence-electron chi connectivity index (χ1n) is 4.42. The molecule has 0 fully saturated rings. The average Bonchev–Trinajstić information content (AvgIpc) is 2.16. The zero-order valence-corrected chi connectivity index (χ0v) is 8.87. The van der Waals surface area contributed by atoms with Gasteiger partial charge in [-0.1, -0.05) is 0 Å². The predicted molar refractivity (Wildman–Crippen MR) is 49.1 cm³/mol. The van der Waals surface area contributed by atoms with E-state index in [1.165, 1.54) is 6.92 Å². The monoisotopic (exact) mass is 235 g/mol. The van der Waals surface area contributed by atoms with Crippen molar-refractivity contribution in [2.75, 3.05) is 13.2 Å². The quantitative estimate of drug-likeness (QED) is 0.623. The Kier molecular flexibility index (Phi) is 5.86. The second-order valence-corrected chi connectivity index (χ2v) is 2.64. The fraction of sp³-hybridized carbons (Fsp3) is 0.625. The number of hydrogen-bond acceptors (Lipinski definition) is 6. The Morgan fingerprint density at radius 2 is 1.94 bits per heavy atom. The first-order valence-corrected chi connectivity index (χ1v) is 4.42. The molecule has 16 heavy (non-hydrogen) atoms. The largest absolute Gasteiger partial charge is 0.480 e. The Bertz CT molecular complexity index is 278. The summed E-state index contributed by atoms with van der Waals surface area (Å²) in [5.41, 5.74) is 0. The number of hydroxylamine groups is 2. The molecule has 1 unspecified atom stereocenters. The van der Waals surface area contributed by atoms with Crippen LogP contribution in [0.25, 0.3) is 0 Å². The van der Waals surface area contributed by atoms with Crippen molar-refractivity contribution in [3.05, 3.63) is 0 Å². The summed E-state index contributed by atoms with van der Waals surface area (Å²) in [6.45, 7) is 1.57. The smallest absolute Gasteiger partial charge is 0.444 e. The number of ether oxygens (including phenoxy) is 1. The number of hydrogen-bond donors (Lipinski definition) is 2. The molecule has 0 rings (SSSR count). The van der Waals surface area contributed by atoms with Gasteiger partial charge < -0.3 is 19.8 Å². The van der Waals surface area contributed by atoms with Gasteiger partial charge in [0.25, 0.3) is 0 Å². The van der Waals surface area contributed by atoms with E-state index in [2.05, 4.69) is 9.57 Å². The van der Waals surface area contributed by atoms with E-state index in [-0.39, 0.29) is 11.7 Å². The first-order chi connectivity index (χ1) is 7.43. The Balaban J connectivity index is 4.82. The summed E-state index contributed by atoms with van der Waals surface area (Å²) in [5, 5.41) is 17.6. The van der Waals surface area contributed by atoms with Crippen LogP contribution in [0.15, 0.2) is 0 Å². The molecule has 0 aliphatic carbocycles. The molecule has 2 N–H and O–H groups in total. The summed E-state index contributed by atoms with van der Waals surface area (Å²) in [4.78, 5) is 36.9. The molecule has 8 nitrogen and oxygen atoms in total. The van der Waals surface area contributed by atoms with Crippen LogP contribution in [0.2, 0.25) is 0 Å². The number of aliphatic hydroxyl groups is 1. The Morgan fingerprint density at radius 3 is 2.25 bits per heavy atom. The van der Waals surface area contributed by atoms with Gasteiger partial charge in [0.1, 0.15) is 0 Å². The number of aliphatic carboxylic acids is 1. The molecule has 0 heterocycles. The van der Waals surface area contributed by atoms with Gasteiger partial charge in [-0.25, -0.2) is 9.59 Å². The van der Waals surface area contributed by atoms with Crippen LogP contribution >= 0.6 is 0 Å². The van der Waals surface area contributed by atoms with Crippen molar-refractivity contribution < 1.29 is 34.2 Å². The maximum atomic E-state index is 11.2. The highest BCUT2D eigenvalue weighted by molar-refractivity contribution is 5.80. The number of carbonyl (C=O) groups excluding carboxylic acids is 2. The Morgan fingerprint density at radius 1 is 1.38 bits per heavy atom. The van der Waals surface area contributed by atoms with E-state index < -0.39 is 30.7 Å².